The van der Waals surface area contributed by atoms with E-state index in [4.69, 9.17) is 4.74 Å². The summed E-state index contributed by atoms with van der Waals surface area (Å²) in [4.78, 5) is 2.34. The van der Waals surface area contributed by atoms with Crippen LogP contribution in [-0.4, -0.2) is 52.9 Å². The van der Waals surface area contributed by atoms with Crippen LogP contribution in [0.3, 0.4) is 0 Å². The van der Waals surface area contributed by atoms with Crippen molar-refractivity contribution < 1.29 is 13.2 Å². The van der Waals surface area contributed by atoms with Crippen molar-refractivity contribution in [2.75, 3.05) is 43.8 Å². The smallest absolute Gasteiger partial charge is 0.232 e. The molecule has 1 heterocycles. The Balaban J connectivity index is 1.72. The van der Waals surface area contributed by atoms with Crippen LogP contribution in [-0.2, 0) is 10.0 Å². The van der Waals surface area contributed by atoms with E-state index >= 15 is 0 Å². The number of rotatable bonds is 10. The van der Waals surface area contributed by atoms with Crippen LogP contribution >= 0.6 is 0 Å². The molecule has 0 spiro atoms. The quantitative estimate of drug-likeness (QED) is 0.321. The lowest BCUT2D eigenvalue weighted by Gasteiger charge is -2.25. The minimum atomic E-state index is -3.38. The summed E-state index contributed by atoms with van der Waals surface area (Å²) in [5, 5.41) is 0. The highest BCUT2D eigenvalue weighted by Crippen LogP contribution is 2.35. The van der Waals surface area contributed by atoms with Crippen LogP contribution in [0.1, 0.15) is 42.9 Å². The maximum absolute atomic E-state index is 12.7. The van der Waals surface area contributed by atoms with E-state index in [9.17, 15) is 8.42 Å². The number of likely N-dealkylation sites (tertiary alicyclic amines) is 1. The van der Waals surface area contributed by atoms with Gasteiger partial charge in [-0.1, -0.05) is 61.5 Å². The standard InChI is InChI=1S/C30H36N2O3S/c1-4-29(24-14-18-28(35-2)19-15-24)30(25-10-6-5-7-11-25)26-12-16-27(17-13-26)32(36(3,33)34)23-22-31-20-8-9-21-31/h5-7,10-19H,4,8-9,20-23H2,1-3H3. The van der Waals surface area contributed by atoms with E-state index in [-0.39, 0.29) is 0 Å². The van der Waals surface area contributed by atoms with Gasteiger partial charge in [0.05, 0.1) is 19.1 Å². The highest BCUT2D eigenvalue weighted by atomic mass is 32.2. The van der Waals surface area contributed by atoms with Gasteiger partial charge < -0.3 is 9.64 Å². The normalized spacial score (nSPS) is 15.0. The average molecular weight is 505 g/mol. The molecule has 0 saturated carbocycles. The zero-order chi connectivity index (χ0) is 25.5. The zero-order valence-electron chi connectivity index (χ0n) is 21.5. The second-order valence-corrected chi connectivity index (χ2v) is 11.1. The van der Waals surface area contributed by atoms with Gasteiger partial charge in [-0.25, -0.2) is 8.42 Å². The van der Waals surface area contributed by atoms with Gasteiger partial charge in [-0.15, -0.1) is 0 Å². The molecule has 6 heteroatoms. The highest BCUT2D eigenvalue weighted by Gasteiger charge is 2.21. The first-order valence-corrected chi connectivity index (χ1v) is 14.5. The molecule has 5 nitrogen and oxygen atoms in total. The molecular formula is C30H36N2O3S. The summed E-state index contributed by atoms with van der Waals surface area (Å²) >= 11 is 0. The third-order valence-electron chi connectivity index (χ3n) is 6.82. The number of hydrogen-bond acceptors (Lipinski definition) is 4. The van der Waals surface area contributed by atoms with Crippen molar-refractivity contribution in [2.45, 2.75) is 26.2 Å². The molecule has 4 rings (SSSR count). The maximum atomic E-state index is 12.7. The number of nitrogens with zero attached hydrogens (tertiary/aromatic N) is 2. The lowest BCUT2D eigenvalue weighted by molar-refractivity contribution is 0.349. The summed E-state index contributed by atoms with van der Waals surface area (Å²) in [6.07, 6.45) is 4.52. The minimum absolute atomic E-state index is 0.464. The molecule has 0 aliphatic carbocycles. The average Bonchev–Trinajstić information content (AvgIpc) is 3.41. The number of ether oxygens (including phenoxy) is 1. The number of allylic oxidation sites excluding steroid dienone is 1. The Morgan fingerprint density at radius 3 is 2.00 bits per heavy atom. The predicted octanol–water partition coefficient (Wildman–Crippen LogP) is 5.93. The van der Waals surface area contributed by atoms with E-state index in [1.54, 1.807) is 7.11 Å². The fourth-order valence-electron chi connectivity index (χ4n) is 4.96. The van der Waals surface area contributed by atoms with Gasteiger partial charge in [0, 0.05) is 13.1 Å². The highest BCUT2D eigenvalue weighted by molar-refractivity contribution is 7.92. The van der Waals surface area contributed by atoms with Crippen LogP contribution in [0.5, 0.6) is 5.75 Å². The summed E-state index contributed by atoms with van der Waals surface area (Å²) in [6, 6.07) is 26.5. The third-order valence-corrected chi connectivity index (χ3v) is 8.01. The monoisotopic (exact) mass is 504 g/mol. The summed E-state index contributed by atoms with van der Waals surface area (Å²) in [6.45, 7) is 5.48. The molecule has 1 aliphatic rings. The zero-order valence-corrected chi connectivity index (χ0v) is 22.3. The van der Waals surface area contributed by atoms with Gasteiger partial charge in [0.1, 0.15) is 5.75 Å². The van der Waals surface area contributed by atoms with Gasteiger partial charge in [-0.3, -0.25) is 4.31 Å². The summed E-state index contributed by atoms with van der Waals surface area (Å²) < 4.78 is 32.2. The molecule has 1 fully saturated rings. The minimum Gasteiger partial charge on any atom is -0.497 e. The molecule has 0 aromatic heterocycles. The molecule has 0 bridgehead atoms. The molecule has 3 aromatic rings. The first kappa shape index (κ1) is 26.0. The SMILES string of the molecule is CCC(=C(c1ccccc1)c1ccc(N(CCN2CCCC2)S(C)(=O)=O)cc1)c1ccc(OC)cc1. The summed E-state index contributed by atoms with van der Waals surface area (Å²) in [5.74, 6) is 0.828. The Morgan fingerprint density at radius 2 is 1.44 bits per heavy atom. The molecule has 0 amide bonds. The molecule has 3 aromatic carbocycles. The first-order valence-electron chi connectivity index (χ1n) is 12.6. The van der Waals surface area contributed by atoms with Crippen molar-refractivity contribution in [3.05, 3.63) is 95.6 Å². The van der Waals surface area contributed by atoms with Crippen molar-refractivity contribution in [2.24, 2.45) is 0 Å². The molecule has 1 aliphatic heterocycles. The maximum Gasteiger partial charge on any atom is 0.232 e. The predicted molar refractivity (Wildman–Crippen MR) is 150 cm³/mol. The fraction of sp³-hybridized carbons (Fsp3) is 0.333. The molecule has 190 valence electrons. The Morgan fingerprint density at radius 1 is 0.861 bits per heavy atom. The van der Waals surface area contributed by atoms with Crippen molar-refractivity contribution in [3.8, 4) is 5.75 Å². The topological polar surface area (TPSA) is 49.9 Å². The third kappa shape index (κ3) is 6.18. The lowest BCUT2D eigenvalue weighted by atomic mass is 9.88. The fourth-order valence-corrected chi connectivity index (χ4v) is 5.87. The van der Waals surface area contributed by atoms with Crippen molar-refractivity contribution >= 4 is 26.9 Å². The van der Waals surface area contributed by atoms with Crippen molar-refractivity contribution in [1.82, 2.24) is 4.90 Å². The van der Waals surface area contributed by atoms with Gasteiger partial charge in [-0.05, 0) is 84.5 Å². The number of hydrogen-bond donors (Lipinski definition) is 0. The van der Waals surface area contributed by atoms with Crippen molar-refractivity contribution in [3.63, 3.8) is 0 Å². The Kier molecular flexibility index (Phi) is 8.49. The Bertz CT molecular complexity index is 1260. The van der Waals surface area contributed by atoms with E-state index in [2.05, 4.69) is 48.2 Å². The second-order valence-electron chi connectivity index (χ2n) is 9.23. The van der Waals surface area contributed by atoms with Crippen LogP contribution in [0, 0.1) is 0 Å². The van der Waals surface area contributed by atoms with Gasteiger partial charge in [0.15, 0.2) is 0 Å². The van der Waals surface area contributed by atoms with Crippen LogP contribution < -0.4 is 9.04 Å². The molecule has 0 radical (unpaired) electrons. The van der Waals surface area contributed by atoms with E-state index < -0.39 is 10.0 Å². The molecule has 0 unspecified atom stereocenters. The van der Waals surface area contributed by atoms with Gasteiger partial charge in [-0.2, -0.15) is 0 Å². The number of sulfonamides is 1. The Hall–Kier alpha value is -3.09. The van der Waals surface area contributed by atoms with E-state index in [1.165, 1.54) is 29.0 Å². The van der Waals surface area contributed by atoms with Gasteiger partial charge >= 0.3 is 0 Å². The van der Waals surface area contributed by atoms with Crippen LogP contribution in [0.2, 0.25) is 0 Å². The number of methoxy groups -OCH3 is 1. The largest absolute Gasteiger partial charge is 0.497 e. The molecular weight excluding hydrogens is 468 g/mol. The van der Waals surface area contributed by atoms with Crippen LogP contribution in [0.15, 0.2) is 78.9 Å². The van der Waals surface area contributed by atoms with Crippen LogP contribution in [0.4, 0.5) is 5.69 Å². The summed E-state index contributed by atoms with van der Waals surface area (Å²) in [7, 11) is -1.71. The molecule has 36 heavy (non-hydrogen) atoms. The molecule has 0 N–H and O–H groups in total. The molecule has 1 saturated heterocycles. The van der Waals surface area contributed by atoms with Crippen LogP contribution in [0.25, 0.3) is 11.1 Å². The number of anilines is 1. The second kappa shape index (κ2) is 11.8. The van der Waals surface area contributed by atoms with E-state index in [0.29, 0.717) is 12.2 Å². The van der Waals surface area contributed by atoms with Gasteiger partial charge in [0.25, 0.3) is 0 Å². The number of benzene rings is 3. The van der Waals surface area contributed by atoms with Crippen molar-refractivity contribution in [1.29, 1.82) is 0 Å². The lowest BCUT2D eigenvalue weighted by Crippen LogP contribution is -2.37. The molecule has 0 atom stereocenters. The van der Waals surface area contributed by atoms with E-state index in [0.717, 1.165) is 54.1 Å². The first-order chi connectivity index (χ1) is 17.4. The summed E-state index contributed by atoms with van der Waals surface area (Å²) in [5.41, 5.74) is 6.42. The van der Waals surface area contributed by atoms with Gasteiger partial charge in [0.2, 0.25) is 10.0 Å². The Labute approximate surface area is 216 Å². The van der Waals surface area contributed by atoms with E-state index in [1.807, 2.05) is 42.5 Å².